The minimum Gasteiger partial charge on any atom is -0.251 e. The van der Waals surface area contributed by atoms with Crippen molar-refractivity contribution in [3.8, 4) is 11.1 Å². The summed E-state index contributed by atoms with van der Waals surface area (Å²) >= 11 is 23.4. The smallest absolute Gasteiger partial charge is 0.251 e. The minimum absolute atomic E-state index is 0.0189. The van der Waals surface area contributed by atoms with Crippen molar-refractivity contribution in [3.63, 3.8) is 0 Å². The fourth-order valence-electron chi connectivity index (χ4n) is 1.65. The zero-order valence-electron chi connectivity index (χ0n) is 9.40. The fraction of sp³-hybridized carbons (Fsp3) is 0.0833. The molecule has 0 atom stereocenters. The average Bonchev–Trinajstić information content (AvgIpc) is 2.32. The zero-order valence-corrected chi connectivity index (χ0v) is 12.4. The second-order valence-electron chi connectivity index (χ2n) is 3.76. The first-order valence-corrected chi connectivity index (χ1v) is 6.59. The highest BCUT2D eigenvalue weighted by atomic mass is 35.5. The van der Waals surface area contributed by atoms with Gasteiger partial charge in [-0.25, -0.2) is 0 Å². The van der Waals surface area contributed by atoms with Crippen LogP contribution in [0.1, 0.15) is 5.69 Å². The molecule has 0 amide bonds. The Bertz CT molecular complexity index is 670. The summed E-state index contributed by atoms with van der Waals surface area (Å²) in [5.74, 6) is 0. The number of aromatic nitrogens is 1. The topological polar surface area (TPSA) is 12.9 Å². The Morgan fingerprint density at radius 3 is 2.20 bits per heavy atom. The van der Waals surface area contributed by atoms with Crippen LogP contribution in [0.25, 0.3) is 11.1 Å². The van der Waals surface area contributed by atoms with Gasteiger partial charge in [-0.3, -0.25) is 4.98 Å². The molecule has 106 valence electrons. The van der Waals surface area contributed by atoms with Crippen LogP contribution in [0, 0.1) is 0 Å². The van der Waals surface area contributed by atoms with Gasteiger partial charge in [0.05, 0.1) is 15.1 Å². The standard InChI is InChI=1S/C12H4Cl4F3N/c13-5-3-6(10(16)8(15)4-5)9-7(14)1-2-20-11(9)12(17,18)19/h1-4H. The molecule has 1 aromatic carbocycles. The lowest BCUT2D eigenvalue weighted by Crippen LogP contribution is -2.10. The number of pyridine rings is 1. The third-order valence-electron chi connectivity index (χ3n) is 2.43. The molecule has 20 heavy (non-hydrogen) atoms. The van der Waals surface area contributed by atoms with E-state index in [0.717, 1.165) is 6.20 Å². The van der Waals surface area contributed by atoms with Crippen LogP contribution < -0.4 is 0 Å². The molecule has 0 bridgehead atoms. The summed E-state index contributed by atoms with van der Waals surface area (Å²) < 4.78 is 39.0. The number of alkyl halides is 3. The molecule has 0 aliphatic rings. The number of hydrogen-bond donors (Lipinski definition) is 0. The molecule has 1 nitrogen and oxygen atoms in total. The second-order valence-corrected chi connectivity index (χ2v) is 5.39. The predicted molar refractivity (Wildman–Crippen MR) is 74.7 cm³/mol. The van der Waals surface area contributed by atoms with Crippen LogP contribution in [-0.2, 0) is 6.18 Å². The number of halogens is 7. The van der Waals surface area contributed by atoms with Crippen molar-refractivity contribution in [2.45, 2.75) is 6.18 Å². The van der Waals surface area contributed by atoms with Gasteiger partial charge in [-0.15, -0.1) is 0 Å². The maximum absolute atomic E-state index is 13.0. The lowest BCUT2D eigenvalue weighted by atomic mass is 10.0. The van der Waals surface area contributed by atoms with Crippen molar-refractivity contribution in [2.75, 3.05) is 0 Å². The van der Waals surface area contributed by atoms with Crippen LogP contribution in [0.2, 0.25) is 20.1 Å². The SMILES string of the molecule is FC(F)(F)c1nccc(Cl)c1-c1cc(Cl)cc(Cl)c1Cl. The maximum atomic E-state index is 13.0. The van der Waals surface area contributed by atoms with Gasteiger partial charge in [-0.05, 0) is 18.2 Å². The molecule has 0 spiro atoms. The minimum atomic E-state index is -4.68. The molecule has 0 N–H and O–H groups in total. The number of rotatable bonds is 1. The first-order valence-electron chi connectivity index (χ1n) is 5.08. The molecule has 8 heteroatoms. The largest absolute Gasteiger partial charge is 0.434 e. The normalized spacial score (nSPS) is 11.8. The summed E-state index contributed by atoms with van der Waals surface area (Å²) in [5, 5.41) is -0.0475. The van der Waals surface area contributed by atoms with E-state index in [-0.39, 0.29) is 31.2 Å². The Balaban J connectivity index is 2.83. The monoisotopic (exact) mass is 359 g/mol. The van der Waals surface area contributed by atoms with Crippen LogP contribution in [0.4, 0.5) is 13.2 Å². The van der Waals surface area contributed by atoms with Crippen molar-refractivity contribution in [3.05, 3.63) is 50.2 Å². The second kappa shape index (κ2) is 5.60. The first kappa shape index (κ1) is 15.7. The fourth-order valence-corrected chi connectivity index (χ4v) is 2.59. The molecule has 0 saturated heterocycles. The molecule has 0 fully saturated rings. The van der Waals surface area contributed by atoms with Gasteiger partial charge in [-0.1, -0.05) is 46.4 Å². The van der Waals surface area contributed by atoms with Gasteiger partial charge in [0.1, 0.15) is 0 Å². The molecule has 1 aromatic heterocycles. The van der Waals surface area contributed by atoms with Crippen molar-refractivity contribution >= 4 is 46.4 Å². The van der Waals surface area contributed by atoms with E-state index in [4.69, 9.17) is 46.4 Å². The highest BCUT2D eigenvalue weighted by Crippen LogP contribution is 2.44. The van der Waals surface area contributed by atoms with E-state index in [1.54, 1.807) is 0 Å². The molecule has 2 aromatic rings. The molecule has 1 heterocycles. The predicted octanol–water partition coefficient (Wildman–Crippen LogP) is 6.38. The Kier molecular flexibility index (Phi) is 4.40. The van der Waals surface area contributed by atoms with E-state index < -0.39 is 11.9 Å². The van der Waals surface area contributed by atoms with Crippen LogP contribution in [0.3, 0.4) is 0 Å². The molecule has 0 radical (unpaired) electrons. The lowest BCUT2D eigenvalue weighted by Gasteiger charge is -2.15. The maximum Gasteiger partial charge on any atom is 0.434 e. The molecular weight excluding hydrogens is 357 g/mol. The molecular formula is C12H4Cl4F3N. The Morgan fingerprint density at radius 1 is 0.950 bits per heavy atom. The summed E-state index contributed by atoms with van der Waals surface area (Å²) in [6.07, 6.45) is -3.72. The van der Waals surface area contributed by atoms with E-state index >= 15 is 0 Å². The van der Waals surface area contributed by atoms with Gasteiger partial charge in [0.25, 0.3) is 0 Å². The number of nitrogens with zero attached hydrogens (tertiary/aromatic N) is 1. The first-order chi connectivity index (χ1) is 9.21. The average molecular weight is 361 g/mol. The lowest BCUT2D eigenvalue weighted by molar-refractivity contribution is -0.140. The summed E-state index contributed by atoms with van der Waals surface area (Å²) in [6, 6.07) is 3.82. The van der Waals surface area contributed by atoms with E-state index in [2.05, 4.69) is 4.98 Å². The third-order valence-corrected chi connectivity index (χ3v) is 3.77. The van der Waals surface area contributed by atoms with Crippen LogP contribution in [-0.4, -0.2) is 4.98 Å². The van der Waals surface area contributed by atoms with E-state index in [0.29, 0.717) is 0 Å². The Hall–Kier alpha value is -0.680. The van der Waals surface area contributed by atoms with Gasteiger partial charge >= 0.3 is 6.18 Å². The van der Waals surface area contributed by atoms with Gasteiger partial charge in [0.2, 0.25) is 0 Å². The van der Waals surface area contributed by atoms with Gasteiger partial charge in [0, 0.05) is 22.3 Å². The quantitative estimate of drug-likeness (QED) is 0.537. The number of benzene rings is 1. The van der Waals surface area contributed by atoms with E-state index in [1.807, 2.05) is 0 Å². The third kappa shape index (κ3) is 2.98. The molecule has 2 rings (SSSR count). The number of hydrogen-bond acceptors (Lipinski definition) is 1. The Morgan fingerprint density at radius 2 is 1.60 bits per heavy atom. The van der Waals surface area contributed by atoms with Crippen LogP contribution in [0.5, 0.6) is 0 Å². The summed E-state index contributed by atoms with van der Waals surface area (Å²) in [4.78, 5) is 3.33. The van der Waals surface area contributed by atoms with E-state index in [9.17, 15) is 13.2 Å². The van der Waals surface area contributed by atoms with Crippen LogP contribution >= 0.6 is 46.4 Å². The van der Waals surface area contributed by atoms with Crippen molar-refractivity contribution in [1.82, 2.24) is 4.98 Å². The summed E-state index contributed by atoms with van der Waals surface area (Å²) in [5.41, 5.74) is -1.52. The van der Waals surface area contributed by atoms with E-state index in [1.165, 1.54) is 18.2 Å². The zero-order chi connectivity index (χ0) is 15.1. The van der Waals surface area contributed by atoms with Gasteiger partial charge in [-0.2, -0.15) is 13.2 Å². The van der Waals surface area contributed by atoms with Crippen molar-refractivity contribution < 1.29 is 13.2 Å². The van der Waals surface area contributed by atoms with Crippen molar-refractivity contribution in [1.29, 1.82) is 0 Å². The molecule has 0 saturated carbocycles. The highest BCUT2D eigenvalue weighted by molar-refractivity contribution is 6.45. The molecule has 0 aliphatic carbocycles. The van der Waals surface area contributed by atoms with Gasteiger partial charge < -0.3 is 0 Å². The van der Waals surface area contributed by atoms with Crippen LogP contribution in [0.15, 0.2) is 24.4 Å². The summed E-state index contributed by atoms with van der Waals surface area (Å²) in [7, 11) is 0. The highest BCUT2D eigenvalue weighted by Gasteiger charge is 2.37. The van der Waals surface area contributed by atoms with Gasteiger partial charge in [0.15, 0.2) is 5.69 Å². The molecule has 0 unspecified atom stereocenters. The Labute approximate surface area is 132 Å². The summed E-state index contributed by atoms with van der Waals surface area (Å²) in [6.45, 7) is 0. The molecule has 0 aliphatic heterocycles. The van der Waals surface area contributed by atoms with Crippen molar-refractivity contribution in [2.24, 2.45) is 0 Å².